The third kappa shape index (κ3) is 11.8. The van der Waals surface area contributed by atoms with Crippen molar-refractivity contribution >= 4 is 0 Å². The smallest absolute Gasteiger partial charge is 0.0907 e. The number of hydrogen-bond acceptors (Lipinski definition) is 1. The molecule has 0 amide bonds. The Morgan fingerprint density at radius 3 is 2.43 bits per heavy atom. The molecule has 0 N–H and O–H groups in total. The largest absolute Gasteiger partial charge is 0.279 e. The maximum Gasteiger partial charge on any atom is 0.0907 e. The number of unbranched alkanes of at least 4 members (excludes halogenated alkanes) is 1. The van der Waals surface area contributed by atoms with Gasteiger partial charge in [-0.2, -0.15) is 0 Å². The first-order valence-electron chi connectivity index (χ1n) is 22.3. The summed E-state index contributed by atoms with van der Waals surface area (Å²) in [5.41, 5.74) is 10.9. The highest BCUT2D eigenvalue weighted by atomic mass is 15.2. The van der Waals surface area contributed by atoms with Crippen molar-refractivity contribution in [2.75, 3.05) is 6.54 Å². The second-order valence-electron chi connectivity index (χ2n) is 16.5. The molecule has 1 nitrogen and oxygen atoms in total. The first kappa shape index (κ1) is 44.8. The van der Waals surface area contributed by atoms with Crippen LogP contribution in [-0.2, 0) is 0 Å². The molecule has 4 aliphatic rings. The lowest BCUT2D eigenvalue weighted by atomic mass is 9.69. The van der Waals surface area contributed by atoms with Crippen molar-refractivity contribution in [3.8, 4) is 11.8 Å². The fraction of sp³-hybridized carbons (Fsp3) is 0.491. The summed E-state index contributed by atoms with van der Waals surface area (Å²) in [5, 5.41) is 0. The normalized spacial score (nSPS) is 29.1. The summed E-state index contributed by atoms with van der Waals surface area (Å²) in [6.07, 6.45) is 49.8. The van der Waals surface area contributed by atoms with Gasteiger partial charge in [-0.1, -0.05) is 156 Å². The van der Waals surface area contributed by atoms with Crippen molar-refractivity contribution in [1.29, 1.82) is 0 Å². The zero-order chi connectivity index (χ0) is 40.5. The van der Waals surface area contributed by atoms with E-state index in [1.54, 1.807) is 5.57 Å². The second-order valence-corrected chi connectivity index (χ2v) is 16.5. The predicted molar refractivity (Wildman–Crippen MR) is 248 cm³/mol. The average Bonchev–Trinajstić information content (AvgIpc) is 3.22. The van der Waals surface area contributed by atoms with Gasteiger partial charge in [0.15, 0.2) is 0 Å². The predicted octanol–water partition coefficient (Wildman–Crippen LogP) is 15.1. The fourth-order valence-corrected chi connectivity index (χ4v) is 9.72. The van der Waals surface area contributed by atoms with Crippen molar-refractivity contribution in [3.63, 3.8) is 0 Å². The van der Waals surface area contributed by atoms with Crippen LogP contribution in [0, 0.1) is 41.4 Å². The Kier molecular flexibility index (Phi) is 18.7. The van der Waals surface area contributed by atoms with E-state index in [4.69, 9.17) is 0 Å². The van der Waals surface area contributed by atoms with E-state index in [0.717, 1.165) is 31.4 Å². The molecule has 7 atom stereocenters. The van der Waals surface area contributed by atoms with Gasteiger partial charge < -0.3 is 0 Å². The molecular formula is C55H75N. The van der Waals surface area contributed by atoms with E-state index in [-0.39, 0.29) is 6.04 Å². The Morgan fingerprint density at radius 2 is 1.84 bits per heavy atom. The first-order chi connectivity index (χ1) is 27.3. The molecule has 0 aromatic heterocycles. The van der Waals surface area contributed by atoms with Gasteiger partial charge in [-0.25, -0.2) is 0 Å². The van der Waals surface area contributed by atoms with Gasteiger partial charge in [-0.15, -0.1) is 6.58 Å². The van der Waals surface area contributed by atoms with Crippen molar-refractivity contribution in [1.82, 2.24) is 4.90 Å². The molecule has 1 heteroatoms. The quantitative estimate of drug-likeness (QED) is 0.0915. The monoisotopic (exact) mass is 750 g/mol. The van der Waals surface area contributed by atoms with Gasteiger partial charge in [0.2, 0.25) is 0 Å². The summed E-state index contributed by atoms with van der Waals surface area (Å²) in [4.78, 5) is 2.69. The van der Waals surface area contributed by atoms with Gasteiger partial charge >= 0.3 is 0 Å². The summed E-state index contributed by atoms with van der Waals surface area (Å²) in [7, 11) is 0. The standard InChI is InChI=1S/C55H75N/c1-11-19-26-48-38-50(53(18-8)55(25-14-4)42(48)10)39-49(24-13-3)45(16-6)33-34-51(17-7)56(40-43-29-31-46(32-30-43)44(15-5)23-12-2)52-35-36-54(41(9)37-52)47-27-21-20-22-28-47/h12,14-18,21,23-25,27-31,39,41-42,46,48,51-52,54H,4,7,11,13,19-20,22,26,32,35-38,40H2,1-3,5-6,8-10H3/b23-12-,44-15+,45-16+,49-24+,50-39+,53-18-,55-25-/t41-,42-,46-,48?,51?,52?,54?/m1/s1. The third-order valence-electron chi connectivity index (χ3n) is 12.9. The van der Waals surface area contributed by atoms with Crippen LogP contribution in [0.3, 0.4) is 0 Å². The van der Waals surface area contributed by atoms with Gasteiger partial charge in [0, 0.05) is 24.1 Å². The molecule has 4 rings (SSSR count). The minimum atomic E-state index is -0.0497. The van der Waals surface area contributed by atoms with Crippen LogP contribution < -0.4 is 0 Å². The van der Waals surface area contributed by atoms with Crippen LogP contribution in [0.2, 0.25) is 0 Å². The van der Waals surface area contributed by atoms with Crippen LogP contribution in [0.15, 0.2) is 155 Å². The third-order valence-corrected chi connectivity index (χ3v) is 12.9. The molecular weight excluding hydrogens is 675 g/mol. The maximum atomic E-state index is 4.43. The number of rotatable bonds is 15. The van der Waals surface area contributed by atoms with E-state index in [9.17, 15) is 0 Å². The molecule has 0 aromatic carbocycles. The Balaban J connectivity index is 1.68. The lowest BCUT2D eigenvalue weighted by molar-refractivity contribution is 0.117. The van der Waals surface area contributed by atoms with E-state index in [1.807, 2.05) is 6.08 Å². The summed E-state index contributed by atoms with van der Waals surface area (Å²) in [6.45, 7) is 27.5. The highest BCUT2D eigenvalue weighted by Crippen LogP contribution is 2.44. The minimum absolute atomic E-state index is 0.0497. The molecule has 0 heterocycles. The molecule has 0 radical (unpaired) electrons. The first-order valence-corrected chi connectivity index (χ1v) is 22.3. The number of nitrogens with zero attached hydrogens (tertiary/aromatic N) is 1. The fourth-order valence-electron chi connectivity index (χ4n) is 9.72. The van der Waals surface area contributed by atoms with Crippen LogP contribution in [0.1, 0.15) is 126 Å². The van der Waals surface area contributed by atoms with Crippen molar-refractivity contribution in [3.05, 3.63) is 155 Å². The Bertz CT molecular complexity index is 1750. The molecule has 300 valence electrons. The lowest BCUT2D eigenvalue weighted by Crippen LogP contribution is -2.46. The molecule has 4 aliphatic carbocycles. The van der Waals surface area contributed by atoms with Gasteiger partial charge in [-0.3, -0.25) is 4.90 Å². The Labute approximate surface area is 344 Å². The van der Waals surface area contributed by atoms with Crippen molar-refractivity contribution in [2.45, 2.75) is 138 Å². The van der Waals surface area contributed by atoms with Gasteiger partial charge in [0.25, 0.3) is 0 Å². The molecule has 2 fully saturated rings. The number of hydrogen-bond donors (Lipinski definition) is 0. The highest BCUT2D eigenvalue weighted by Gasteiger charge is 2.35. The van der Waals surface area contributed by atoms with E-state index in [2.05, 4.69) is 176 Å². The summed E-state index contributed by atoms with van der Waals surface area (Å²) in [6, 6.07) is 0.401. The lowest BCUT2D eigenvalue weighted by Gasteiger charge is -2.43. The number of allylic oxidation sites excluding steroid dienone is 21. The average molecular weight is 750 g/mol. The highest BCUT2D eigenvalue weighted by molar-refractivity contribution is 5.59. The molecule has 0 aliphatic heterocycles. The van der Waals surface area contributed by atoms with E-state index in [1.165, 1.54) is 84.8 Å². The maximum absolute atomic E-state index is 4.43. The Hall–Kier alpha value is -3.86. The molecule has 0 saturated heterocycles. The van der Waals surface area contributed by atoms with Gasteiger partial charge in [0.05, 0.1) is 6.04 Å². The molecule has 4 unspecified atom stereocenters. The van der Waals surface area contributed by atoms with Crippen LogP contribution >= 0.6 is 0 Å². The van der Waals surface area contributed by atoms with Crippen LogP contribution in [0.25, 0.3) is 0 Å². The minimum Gasteiger partial charge on any atom is -0.279 e. The van der Waals surface area contributed by atoms with Gasteiger partial charge in [-0.05, 0) is 148 Å². The van der Waals surface area contributed by atoms with Crippen LogP contribution in [-0.4, -0.2) is 23.5 Å². The van der Waals surface area contributed by atoms with Crippen LogP contribution in [0.5, 0.6) is 0 Å². The summed E-state index contributed by atoms with van der Waals surface area (Å²) in [5.74, 6) is 10.4. The van der Waals surface area contributed by atoms with Gasteiger partial charge in [0.1, 0.15) is 0 Å². The zero-order valence-electron chi connectivity index (χ0n) is 36.6. The molecule has 0 spiro atoms. The molecule has 0 aromatic rings. The van der Waals surface area contributed by atoms with Crippen molar-refractivity contribution < 1.29 is 0 Å². The van der Waals surface area contributed by atoms with Crippen molar-refractivity contribution in [2.24, 2.45) is 29.6 Å². The summed E-state index contributed by atoms with van der Waals surface area (Å²) < 4.78 is 0. The molecule has 56 heavy (non-hydrogen) atoms. The summed E-state index contributed by atoms with van der Waals surface area (Å²) >= 11 is 0. The molecule has 0 bridgehead atoms. The van der Waals surface area contributed by atoms with Crippen LogP contribution in [0.4, 0.5) is 0 Å². The molecule has 2 saturated carbocycles. The zero-order valence-corrected chi connectivity index (χ0v) is 36.6. The SMILES string of the molecule is C=C\C=C1C(=C\C)/C(=C/C(=C\CC)C(/C#CC(C=C)N(CC2=CC[C@H](C(/C=C\C)=C/C)C=C2)C2CCC(C3=CCCC=C3)[C@H](C)C2)=C/C)CC(CCCC)[C@H]/1C. The topological polar surface area (TPSA) is 3.24 Å². The van der Waals surface area contributed by atoms with E-state index < -0.39 is 0 Å². The second kappa shape index (κ2) is 23.4. The van der Waals surface area contributed by atoms with E-state index >= 15 is 0 Å². The Morgan fingerprint density at radius 1 is 1.02 bits per heavy atom. The van der Waals surface area contributed by atoms with E-state index in [0.29, 0.717) is 35.6 Å².